The van der Waals surface area contributed by atoms with Gasteiger partial charge in [-0.05, 0) is 31.7 Å². The number of amides is 2. The normalized spacial score (nSPS) is 15.8. The monoisotopic (exact) mass is 478 g/mol. The maximum absolute atomic E-state index is 12.8. The van der Waals surface area contributed by atoms with Gasteiger partial charge >= 0.3 is 6.09 Å². The predicted molar refractivity (Wildman–Crippen MR) is 132 cm³/mol. The van der Waals surface area contributed by atoms with E-state index in [4.69, 9.17) is 10.5 Å². The largest absolute Gasteiger partial charge is 0.445 e. The van der Waals surface area contributed by atoms with Crippen LogP contribution >= 0.6 is 0 Å². The summed E-state index contributed by atoms with van der Waals surface area (Å²) >= 11 is 0. The number of carbonyl (C=O) groups is 2. The van der Waals surface area contributed by atoms with Crippen LogP contribution < -0.4 is 21.3 Å². The standard InChI is InChI=1S/C24H30N8O3/c1-16-26-13-19(25)21(28-16)22(33)30-20-14-27-31(2)23(20)32-11-6-9-18(10-12-32)29-24(34)35-15-17-7-4-3-5-8-17/h3-5,7-8,13-14,18H,6,9-12,15,25H2,1-2H3,(H,29,34)(H,30,33)/t18-/m1/s1. The molecule has 3 aromatic rings. The number of rotatable bonds is 6. The Hall–Kier alpha value is -4.15. The summed E-state index contributed by atoms with van der Waals surface area (Å²) < 4.78 is 7.10. The van der Waals surface area contributed by atoms with Gasteiger partial charge in [0.05, 0.1) is 18.1 Å². The Morgan fingerprint density at radius 3 is 2.77 bits per heavy atom. The third-order valence-corrected chi connectivity index (χ3v) is 5.87. The van der Waals surface area contributed by atoms with E-state index < -0.39 is 12.0 Å². The molecule has 1 aliphatic heterocycles. The van der Waals surface area contributed by atoms with Crippen LogP contribution in [0.1, 0.15) is 41.1 Å². The van der Waals surface area contributed by atoms with Crippen molar-refractivity contribution in [2.45, 2.75) is 38.8 Å². The highest BCUT2D eigenvalue weighted by Crippen LogP contribution is 2.28. The maximum Gasteiger partial charge on any atom is 0.407 e. The molecule has 4 rings (SSSR count). The summed E-state index contributed by atoms with van der Waals surface area (Å²) in [6, 6.07) is 9.58. The molecule has 0 aliphatic carbocycles. The molecule has 0 spiro atoms. The van der Waals surface area contributed by atoms with Gasteiger partial charge in [0, 0.05) is 26.2 Å². The van der Waals surface area contributed by atoms with Crippen LogP contribution in [0.5, 0.6) is 0 Å². The summed E-state index contributed by atoms with van der Waals surface area (Å²) in [5.41, 5.74) is 7.75. The minimum atomic E-state index is -0.419. The summed E-state index contributed by atoms with van der Waals surface area (Å²) in [4.78, 5) is 35.5. The summed E-state index contributed by atoms with van der Waals surface area (Å²) in [7, 11) is 1.83. The molecule has 0 unspecified atom stereocenters. The molecule has 0 bridgehead atoms. The Morgan fingerprint density at radius 1 is 1.17 bits per heavy atom. The minimum absolute atomic E-state index is 0.00154. The van der Waals surface area contributed by atoms with Crippen molar-refractivity contribution in [2.24, 2.45) is 7.05 Å². The number of anilines is 3. The van der Waals surface area contributed by atoms with Crippen LogP contribution in [0.3, 0.4) is 0 Å². The van der Waals surface area contributed by atoms with Crippen molar-refractivity contribution in [1.29, 1.82) is 0 Å². The summed E-state index contributed by atoms with van der Waals surface area (Å²) in [6.45, 7) is 3.38. The Labute approximate surface area is 203 Å². The summed E-state index contributed by atoms with van der Waals surface area (Å²) in [5, 5.41) is 10.2. The van der Waals surface area contributed by atoms with Gasteiger partial charge in [-0.25, -0.2) is 14.8 Å². The predicted octanol–water partition coefficient (Wildman–Crippen LogP) is 2.64. The smallest absolute Gasteiger partial charge is 0.407 e. The molecule has 4 N–H and O–H groups in total. The highest BCUT2D eigenvalue weighted by Gasteiger charge is 2.24. The van der Waals surface area contributed by atoms with Crippen molar-refractivity contribution < 1.29 is 14.3 Å². The molecule has 1 atom stereocenters. The first-order chi connectivity index (χ1) is 16.9. The molecular weight excluding hydrogens is 448 g/mol. The highest BCUT2D eigenvalue weighted by molar-refractivity contribution is 6.07. The number of aryl methyl sites for hydroxylation is 2. The van der Waals surface area contributed by atoms with Gasteiger partial charge in [0.2, 0.25) is 0 Å². The van der Waals surface area contributed by atoms with E-state index in [1.54, 1.807) is 17.8 Å². The summed E-state index contributed by atoms with van der Waals surface area (Å²) in [6.07, 6.45) is 5.04. The molecule has 11 nitrogen and oxygen atoms in total. The molecule has 11 heteroatoms. The van der Waals surface area contributed by atoms with Crippen molar-refractivity contribution in [3.05, 3.63) is 59.8 Å². The first kappa shape index (κ1) is 24.0. The van der Waals surface area contributed by atoms with Crippen LogP contribution in [0.25, 0.3) is 0 Å². The van der Waals surface area contributed by atoms with Crippen molar-refractivity contribution >= 4 is 29.2 Å². The number of ether oxygens (including phenoxy) is 1. The van der Waals surface area contributed by atoms with Crippen molar-refractivity contribution in [1.82, 2.24) is 25.1 Å². The molecule has 184 valence electrons. The van der Waals surface area contributed by atoms with E-state index in [1.165, 1.54) is 6.20 Å². The van der Waals surface area contributed by atoms with Crippen molar-refractivity contribution in [2.75, 3.05) is 29.0 Å². The Balaban J connectivity index is 1.36. The van der Waals surface area contributed by atoms with Gasteiger partial charge in [0.1, 0.15) is 18.1 Å². The molecule has 1 aromatic carbocycles. The molecule has 0 radical (unpaired) electrons. The van der Waals surface area contributed by atoms with Gasteiger partial charge in [-0.2, -0.15) is 5.10 Å². The number of nitrogens with one attached hydrogen (secondary N) is 2. The highest BCUT2D eigenvalue weighted by atomic mass is 16.5. The van der Waals surface area contributed by atoms with E-state index >= 15 is 0 Å². The lowest BCUT2D eigenvalue weighted by Gasteiger charge is -2.24. The number of carbonyl (C=O) groups excluding carboxylic acids is 2. The molecule has 0 saturated carbocycles. The van der Waals surface area contributed by atoms with E-state index in [0.717, 1.165) is 37.2 Å². The zero-order chi connectivity index (χ0) is 24.8. The third kappa shape index (κ3) is 6.05. The van der Waals surface area contributed by atoms with E-state index in [9.17, 15) is 9.59 Å². The second-order valence-corrected chi connectivity index (χ2v) is 8.50. The number of hydrogen-bond acceptors (Lipinski definition) is 8. The molecule has 1 fully saturated rings. The molecular formula is C24H30N8O3. The summed E-state index contributed by atoms with van der Waals surface area (Å²) in [5.74, 6) is 0.830. The van der Waals surface area contributed by atoms with Crippen LogP contribution in [-0.2, 0) is 18.4 Å². The average Bonchev–Trinajstić information content (AvgIpc) is 3.05. The van der Waals surface area contributed by atoms with Crippen molar-refractivity contribution in [3.63, 3.8) is 0 Å². The number of nitrogen functional groups attached to an aromatic ring is 1. The lowest BCUT2D eigenvalue weighted by atomic mass is 10.1. The van der Waals surface area contributed by atoms with Gasteiger partial charge < -0.3 is 26.0 Å². The SMILES string of the molecule is Cc1ncc(N)c(C(=O)Nc2cnn(C)c2N2CCC[C@@H](NC(=O)OCc3ccccc3)CC2)n1. The Morgan fingerprint density at radius 2 is 1.97 bits per heavy atom. The van der Waals surface area contributed by atoms with Crippen molar-refractivity contribution in [3.8, 4) is 0 Å². The van der Waals surface area contributed by atoms with Crippen LogP contribution in [0.2, 0.25) is 0 Å². The quantitative estimate of drug-likeness (QED) is 0.491. The van der Waals surface area contributed by atoms with Gasteiger partial charge in [0.25, 0.3) is 5.91 Å². The first-order valence-corrected chi connectivity index (χ1v) is 11.6. The second kappa shape index (κ2) is 10.9. The molecule has 1 saturated heterocycles. The fourth-order valence-electron chi connectivity index (χ4n) is 4.12. The second-order valence-electron chi connectivity index (χ2n) is 8.50. The first-order valence-electron chi connectivity index (χ1n) is 11.6. The Bertz CT molecular complexity index is 1180. The van der Waals surface area contributed by atoms with Gasteiger partial charge in [-0.15, -0.1) is 0 Å². The number of nitrogens with zero attached hydrogens (tertiary/aromatic N) is 5. The van der Waals surface area contributed by atoms with E-state index in [2.05, 4.69) is 30.6 Å². The molecule has 2 aromatic heterocycles. The zero-order valence-electron chi connectivity index (χ0n) is 19.9. The average molecular weight is 479 g/mol. The number of aromatic nitrogens is 4. The minimum Gasteiger partial charge on any atom is -0.445 e. The van der Waals surface area contributed by atoms with Crippen LogP contribution in [-0.4, -0.2) is 50.9 Å². The maximum atomic E-state index is 12.8. The zero-order valence-corrected chi connectivity index (χ0v) is 19.9. The lowest BCUT2D eigenvalue weighted by molar-refractivity contribution is 0.102. The van der Waals surface area contributed by atoms with E-state index in [0.29, 0.717) is 18.1 Å². The molecule has 35 heavy (non-hydrogen) atoms. The molecule has 1 aliphatic rings. The lowest BCUT2D eigenvalue weighted by Crippen LogP contribution is -2.36. The van der Waals surface area contributed by atoms with Gasteiger partial charge in [-0.1, -0.05) is 30.3 Å². The van der Waals surface area contributed by atoms with Crippen LogP contribution in [0.4, 0.5) is 22.0 Å². The van der Waals surface area contributed by atoms with Gasteiger partial charge in [0.15, 0.2) is 11.5 Å². The molecule has 3 heterocycles. The van der Waals surface area contributed by atoms with E-state index in [-0.39, 0.29) is 24.0 Å². The topological polar surface area (TPSA) is 140 Å². The molecule has 2 amide bonds. The fraction of sp³-hybridized carbons (Fsp3) is 0.375. The third-order valence-electron chi connectivity index (χ3n) is 5.87. The number of hydrogen-bond donors (Lipinski definition) is 3. The number of benzene rings is 1. The van der Waals surface area contributed by atoms with Crippen LogP contribution in [0, 0.1) is 6.92 Å². The Kier molecular flexibility index (Phi) is 7.44. The van der Waals surface area contributed by atoms with Gasteiger partial charge in [-0.3, -0.25) is 9.48 Å². The van der Waals surface area contributed by atoms with E-state index in [1.807, 2.05) is 37.4 Å². The fourth-order valence-corrected chi connectivity index (χ4v) is 4.12. The number of nitrogens with two attached hydrogens (primary N) is 1. The van der Waals surface area contributed by atoms with Crippen LogP contribution in [0.15, 0.2) is 42.7 Å². The number of alkyl carbamates (subject to hydrolysis) is 1.